The van der Waals surface area contributed by atoms with Crippen molar-refractivity contribution in [3.8, 4) is 11.1 Å². The van der Waals surface area contributed by atoms with Crippen LogP contribution in [0.25, 0.3) is 11.1 Å². The van der Waals surface area contributed by atoms with Crippen molar-refractivity contribution in [3.63, 3.8) is 0 Å². The Morgan fingerprint density at radius 2 is 1.65 bits per heavy atom. The molecule has 2 heteroatoms. The lowest BCUT2D eigenvalue weighted by Gasteiger charge is -2.09. The number of fused-ring (bicyclic) bond motifs is 3. The molecule has 0 heterocycles. The van der Waals surface area contributed by atoms with E-state index in [9.17, 15) is 9.18 Å². The molecule has 0 spiro atoms. The smallest absolute Gasteiger partial charge is 0.163 e. The van der Waals surface area contributed by atoms with Crippen molar-refractivity contribution in [3.05, 3.63) is 59.4 Å². The van der Waals surface area contributed by atoms with Gasteiger partial charge in [-0.05, 0) is 23.6 Å². The zero-order chi connectivity index (χ0) is 11.8. The molecule has 0 saturated carbocycles. The average Bonchev–Trinajstić information content (AvgIpc) is 2.49. The maximum atomic E-state index is 14.0. The highest BCUT2D eigenvalue weighted by Gasteiger charge is 2.22. The summed E-state index contributed by atoms with van der Waals surface area (Å²) in [5, 5.41) is 0. The van der Waals surface area contributed by atoms with Gasteiger partial charge in [-0.2, -0.15) is 0 Å². The molecule has 1 nitrogen and oxygen atoms in total. The van der Waals surface area contributed by atoms with E-state index in [1.54, 1.807) is 12.1 Å². The summed E-state index contributed by atoms with van der Waals surface area (Å²) in [6.45, 7) is 0. The standard InChI is InChI=1S/C15H11FO/c16-13-7-3-6-12-14(17)9-8-10-4-1-2-5-11(10)15(12)13/h1-7H,8-9H2. The molecule has 2 aromatic carbocycles. The highest BCUT2D eigenvalue weighted by Crippen LogP contribution is 2.34. The van der Waals surface area contributed by atoms with Crippen LogP contribution >= 0.6 is 0 Å². The Bertz CT molecular complexity index is 602. The van der Waals surface area contributed by atoms with Gasteiger partial charge in [-0.1, -0.05) is 36.4 Å². The van der Waals surface area contributed by atoms with Crippen LogP contribution in [-0.4, -0.2) is 5.78 Å². The topological polar surface area (TPSA) is 17.1 Å². The van der Waals surface area contributed by atoms with Gasteiger partial charge in [-0.25, -0.2) is 4.39 Å². The van der Waals surface area contributed by atoms with Gasteiger partial charge in [0.25, 0.3) is 0 Å². The third-order valence-corrected chi connectivity index (χ3v) is 3.22. The predicted octanol–water partition coefficient (Wildman–Crippen LogP) is 3.62. The first-order valence-electron chi connectivity index (χ1n) is 5.67. The molecule has 17 heavy (non-hydrogen) atoms. The Balaban J connectivity index is 2.37. The number of carbonyl (C=O) groups excluding carboxylic acids is 1. The highest BCUT2D eigenvalue weighted by molar-refractivity contribution is 6.04. The number of aryl methyl sites for hydroxylation is 1. The fraction of sp³-hybridized carbons (Fsp3) is 0.133. The first-order chi connectivity index (χ1) is 8.27. The van der Waals surface area contributed by atoms with Crippen LogP contribution in [0, 0.1) is 5.82 Å². The molecule has 3 rings (SSSR count). The van der Waals surface area contributed by atoms with Gasteiger partial charge in [0, 0.05) is 17.5 Å². The number of hydrogen-bond donors (Lipinski definition) is 0. The van der Waals surface area contributed by atoms with Crippen LogP contribution in [0.15, 0.2) is 42.5 Å². The van der Waals surface area contributed by atoms with Crippen LogP contribution in [0.3, 0.4) is 0 Å². The number of rotatable bonds is 0. The van der Waals surface area contributed by atoms with Crippen molar-refractivity contribution in [2.45, 2.75) is 12.8 Å². The van der Waals surface area contributed by atoms with E-state index in [4.69, 9.17) is 0 Å². The molecule has 0 aliphatic heterocycles. The van der Waals surface area contributed by atoms with E-state index in [2.05, 4.69) is 0 Å². The summed E-state index contributed by atoms with van der Waals surface area (Å²) >= 11 is 0. The quantitative estimate of drug-likeness (QED) is 0.670. The molecule has 84 valence electrons. The van der Waals surface area contributed by atoms with Gasteiger partial charge in [0.1, 0.15) is 5.82 Å². The number of Topliss-reactive ketones (excluding diaryl/α,β-unsaturated/α-hetero) is 1. The molecule has 2 aromatic rings. The molecule has 0 unspecified atom stereocenters. The average molecular weight is 226 g/mol. The molecule has 0 atom stereocenters. The van der Waals surface area contributed by atoms with Crippen molar-refractivity contribution in [1.29, 1.82) is 0 Å². The van der Waals surface area contributed by atoms with Gasteiger partial charge in [0.15, 0.2) is 5.78 Å². The lowest BCUT2D eigenvalue weighted by molar-refractivity contribution is 0.0984. The SMILES string of the molecule is O=C1CCc2ccccc2-c2c(F)cccc21. The van der Waals surface area contributed by atoms with E-state index in [1.165, 1.54) is 6.07 Å². The van der Waals surface area contributed by atoms with E-state index in [1.807, 2.05) is 24.3 Å². The van der Waals surface area contributed by atoms with Crippen molar-refractivity contribution in [1.82, 2.24) is 0 Å². The van der Waals surface area contributed by atoms with E-state index in [-0.39, 0.29) is 11.6 Å². The first-order valence-corrected chi connectivity index (χ1v) is 5.67. The largest absolute Gasteiger partial charge is 0.294 e. The fourth-order valence-electron chi connectivity index (χ4n) is 2.40. The second-order valence-electron chi connectivity index (χ2n) is 4.24. The zero-order valence-corrected chi connectivity index (χ0v) is 9.24. The minimum Gasteiger partial charge on any atom is -0.294 e. The summed E-state index contributed by atoms with van der Waals surface area (Å²) in [4.78, 5) is 12.0. The maximum Gasteiger partial charge on any atom is 0.163 e. The van der Waals surface area contributed by atoms with Gasteiger partial charge in [-0.3, -0.25) is 4.79 Å². The number of halogens is 1. The highest BCUT2D eigenvalue weighted by atomic mass is 19.1. The number of carbonyl (C=O) groups is 1. The molecule has 0 aromatic heterocycles. The van der Waals surface area contributed by atoms with Crippen LogP contribution < -0.4 is 0 Å². The predicted molar refractivity (Wildman–Crippen MR) is 64.5 cm³/mol. The summed E-state index contributed by atoms with van der Waals surface area (Å²) in [7, 11) is 0. The van der Waals surface area contributed by atoms with E-state index in [0.717, 1.165) is 11.1 Å². The van der Waals surface area contributed by atoms with E-state index in [0.29, 0.717) is 24.0 Å². The molecule has 1 aliphatic carbocycles. The molecule has 1 aliphatic rings. The zero-order valence-electron chi connectivity index (χ0n) is 9.24. The number of benzene rings is 2. The van der Waals surface area contributed by atoms with Crippen molar-refractivity contribution in [2.75, 3.05) is 0 Å². The number of hydrogen-bond acceptors (Lipinski definition) is 1. The molecular formula is C15H11FO. The van der Waals surface area contributed by atoms with Gasteiger partial charge in [-0.15, -0.1) is 0 Å². The summed E-state index contributed by atoms with van der Waals surface area (Å²) in [6.07, 6.45) is 1.14. The molecule has 0 amide bonds. The lowest BCUT2D eigenvalue weighted by atomic mass is 9.96. The lowest BCUT2D eigenvalue weighted by Crippen LogP contribution is -2.00. The van der Waals surface area contributed by atoms with E-state index >= 15 is 0 Å². The summed E-state index contributed by atoms with van der Waals surface area (Å²) in [5.74, 6) is -0.291. The number of ketones is 1. The first kappa shape index (κ1) is 10.2. The van der Waals surface area contributed by atoms with Crippen molar-refractivity contribution < 1.29 is 9.18 Å². The second kappa shape index (κ2) is 3.81. The molecule has 0 bridgehead atoms. The Labute approximate surface area is 98.9 Å². The van der Waals surface area contributed by atoms with Crippen molar-refractivity contribution in [2.24, 2.45) is 0 Å². The Morgan fingerprint density at radius 3 is 2.53 bits per heavy atom. The second-order valence-corrected chi connectivity index (χ2v) is 4.24. The maximum absolute atomic E-state index is 14.0. The van der Waals surface area contributed by atoms with Crippen LogP contribution in [0.4, 0.5) is 4.39 Å². The van der Waals surface area contributed by atoms with Crippen molar-refractivity contribution >= 4 is 5.78 Å². The molecular weight excluding hydrogens is 215 g/mol. The molecule has 0 N–H and O–H groups in total. The van der Waals surface area contributed by atoms with Gasteiger partial charge in [0.2, 0.25) is 0 Å². The summed E-state index contributed by atoms with van der Waals surface area (Å²) < 4.78 is 14.0. The monoisotopic (exact) mass is 226 g/mol. The van der Waals surface area contributed by atoms with Crippen LogP contribution in [0.1, 0.15) is 22.3 Å². The minimum absolute atomic E-state index is 0.0238. The summed E-state index contributed by atoms with van der Waals surface area (Å²) in [6, 6.07) is 12.4. The van der Waals surface area contributed by atoms with Gasteiger partial charge >= 0.3 is 0 Å². The Kier molecular flexibility index (Phi) is 2.29. The minimum atomic E-state index is -0.315. The van der Waals surface area contributed by atoms with E-state index < -0.39 is 0 Å². The van der Waals surface area contributed by atoms with Crippen LogP contribution in [-0.2, 0) is 6.42 Å². The van der Waals surface area contributed by atoms with Gasteiger partial charge in [0.05, 0.1) is 0 Å². The fourth-order valence-corrected chi connectivity index (χ4v) is 2.40. The van der Waals surface area contributed by atoms with Gasteiger partial charge < -0.3 is 0 Å². The Morgan fingerprint density at radius 1 is 0.882 bits per heavy atom. The third-order valence-electron chi connectivity index (χ3n) is 3.22. The van der Waals surface area contributed by atoms with Crippen LogP contribution in [0.2, 0.25) is 0 Å². The molecule has 0 saturated heterocycles. The molecule has 0 fully saturated rings. The molecule has 0 radical (unpaired) electrons. The Hall–Kier alpha value is -1.96. The normalized spacial score (nSPS) is 13.8. The van der Waals surface area contributed by atoms with Crippen LogP contribution in [0.5, 0.6) is 0 Å². The summed E-state index contributed by atoms with van der Waals surface area (Å²) in [5.41, 5.74) is 2.87. The third kappa shape index (κ3) is 1.57.